The van der Waals surface area contributed by atoms with E-state index in [9.17, 15) is 9.59 Å². The van der Waals surface area contributed by atoms with Crippen LogP contribution in [0.25, 0.3) is 0 Å². The Morgan fingerprint density at radius 2 is 1.43 bits per heavy atom. The van der Waals surface area contributed by atoms with Gasteiger partial charge in [-0.25, -0.2) is 4.79 Å². The summed E-state index contributed by atoms with van der Waals surface area (Å²) in [6, 6.07) is 9.67. The number of rotatable bonds is 15. The summed E-state index contributed by atoms with van der Waals surface area (Å²) in [7, 11) is 0. The number of alkyl halides is 3. The van der Waals surface area contributed by atoms with Crippen molar-refractivity contribution < 1.29 is 33.3 Å². The molecule has 0 unspecified atom stereocenters. The Kier molecular flexibility index (Phi) is 14.2. The van der Waals surface area contributed by atoms with Crippen molar-refractivity contribution in [2.45, 2.75) is 90.4 Å². The number of halogens is 3. The predicted octanol–water partition coefficient (Wildman–Crippen LogP) is 7.14. The zero-order valence-electron chi connectivity index (χ0n) is 23.0. The van der Waals surface area contributed by atoms with Gasteiger partial charge in [-0.05, 0) is 47.1 Å². The van der Waals surface area contributed by atoms with Gasteiger partial charge in [-0.15, -0.1) is 0 Å². The molecule has 0 saturated carbocycles. The Morgan fingerprint density at radius 1 is 0.892 bits per heavy atom. The van der Waals surface area contributed by atoms with Crippen molar-refractivity contribution in [2.75, 3.05) is 13.2 Å². The van der Waals surface area contributed by atoms with Crippen LogP contribution >= 0.6 is 34.8 Å². The van der Waals surface area contributed by atoms with Gasteiger partial charge in [-0.2, -0.15) is 0 Å². The van der Waals surface area contributed by atoms with Crippen LogP contribution in [0, 0.1) is 17.3 Å². The fourth-order valence-electron chi connectivity index (χ4n) is 3.75. The highest BCUT2D eigenvalue weighted by Gasteiger charge is 2.45. The summed E-state index contributed by atoms with van der Waals surface area (Å²) >= 11 is 17.1. The number of ether oxygens (including phenoxy) is 5. The van der Waals surface area contributed by atoms with Crippen molar-refractivity contribution >= 4 is 46.7 Å². The molecule has 1 rings (SSSR count). The zero-order valence-corrected chi connectivity index (χ0v) is 25.2. The molecule has 0 aliphatic rings. The largest absolute Gasteiger partial charge is 0.508 e. The molecule has 0 aromatic heterocycles. The van der Waals surface area contributed by atoms with Crippen molar-refractivity contribution in [3.8, 4) is 0 Å². The number of ketones is 1. The van der Waals surface area contributed by atoms with E-state index in [0.717, 1.165) is 5.56 Å². The van der Waals surface area contributed by atoms with Crippen LogP contribution in [-0.4, -0.2) is 53.5 Å². The van der Waals surface area contributed by atoms with Gasteiger partial charge >= 0.3 is 6.16 Å². The van der Waals surface area contributed by atoms with Gasteiger partial charge in [0.1, 0.15) is 18.5 Å². The fourth-order valence-corrected chi connectivity index (χ4v) is 3.91. The van der Waals surface area contributed by atoms with E-state index in [1.165, 1.54) is 0 Å². The first kappa shape index (κ1) is 33.9. The molecule has 0 spiro atoms. The number of hydrogen-bond acceptors (Lipinski definition) is 7. The fraction of sp³-hybridized carbons (Fsp3) is 0.704. The Balaban J connectivity index is 3.09. The first-order valence-electron chi connectivity index (χ1n) is 12.4. The summed E-state index contributed by atoms with van der Waals surface area (Å²) < 4.78 is 26.6. The standard InChI is InChI=1S/C27H41Cl3O7/c1-17(2)35-24(36-18(3)4)26(7,8)23(31)20(6)22(37-25(32)34-16-27(28,29)30)19(5)14-33-15-21-12-10-9-11-13-21/h9-13,17-20,22,24H,14-16H2,1-8H3/t19-,20+,22-/m0/s1. The summed E-state index contributed by atoms with van der Waals surface area (Å²) in [5, 5.41) is 0. The first-order valence-corrected chi connectivity index (χ1v) is 13.5. The van der Waals surface area contributed by atoms with Gasteiger partial charge in [0.25, 0.3) is 0 Å². The molecule has 0 fully saturated rings. The Hall–Kier alpha value is -1.09. The molecule has 37 heavy (non-hydrogen) atoms. The van der Waals surface area contributed by atoms with Crippen LogP contribution < -0.4 is 0 Å². The number of Topliss-reactive ketones (excluding diaryl/α,β-unsaturated/α-hetero) is 1. The molecule has 0 amide bonds. The molecule has 0 saturated heterocycles. The van der Waals surface area contributed by atoms with E-state index in [0.29, 0.717) is 6.61 Å². The molecule has 0 heterocycles. The minimum Gasteiger partial charge on any atom is -0.430 e. The van der Waals surface area contributed by atoms with Crippen molar-refractivity contribution in [1.82, 2.24) is 0 Å². The Labute approximate surface area is 236 Å². The van der Waals surface area contributed by atoms with Gasteiger partial charge in [0.15, 0.2) is 6.29 Å². The van der Waals surface area contributed by atoms with E-state index in [4.69, 9.17) is 58.5 Å². The van der Waals surface area contributed by atoms with Gasteiger partial charge in [0.2, 0.25) is 3.79 Å². The van der Waals surface area contributed by atoms with E-state index in [2.05, 4.69) is 0 Å². The van der Waals surface area contributed by atoms with Crippen LogP contribution in [0.4, 0.5) is 4.79 Å². The quantitative estimate of drug-likeness (QED) is 0.123. The van der Waals surface area contributed by atoms with Gasteiger partial charge in [-0.1, -0.05) is 79.0 Å². The second-order valence-corrected chi connectivity index (χ2v) is 12.8. The molecule has 0 N–H and O–H groups in total. The molecule has 0 bridgehead atoms. The summed E-state index contributed by atoms with van der Waals surface area (Å²) in [6.07, 6.45) is -3.06. The Bertz CT molecular complexity index is 815. The topological polar surface area (TPSA) is 80.3 Å². The molecule has 10 heteroatoms. The third-order valence-corrected chi connectivity index (χ3v) is 5.89. The molecule has 212 valence electrons. The van der Waals surface area contributed by atoms with Crippen LogP contribution in [0.5, 0.6) is 0 Å². The van der Waals surface area contributed by atoms with Crippen LogP contribution in [0.1, 0.15) is 61.0 Å². The number of hydrogen-bond donors (Lipinski definition) is 0. The smallest absolute Gasteiger partial charge is 0.430 e. The normalized spacial score (nSPS) is 15.1. The molecule has 7 nitrogen and oxygen atoms in total. The van der Waals surface area contributed by atoms with Gasteiger partial charge in [0, 0.05) is 5.92 Å². The van der Waals surface area contributed by atoms with Crippen LogP contribution in [0.15, 0.2) is 30.3 Å². The second kappa shape index (κ2) is 15.5. The average molecular weight is 584 g/mol. The summed E-state index contributed by atoms with van der Waals surface area (Å²) in [5.74, 6) is -1.32. The average Bonchev–Trinajstić information content (AvgIpc) is 2.79. The summed E-state index contributed by atoms with van der Waals surface area (Å²) in [6.45, 7) is 14.7. The molecule has 1 aromatic rings. The summed E-state index contributed by atoms with van der Waals surface area (Å²) in [4.78, 5) is 26.3. The number of carbonyl (C=O) groups excluding carboxylic acids is 2. The lowest BCUT2D eigenvalue weighted by atomic mass is 9.76. The maximum atomic E-state index is 13.8. The van der Waals surface area contributed by atoms with Crippen LogP contribution in [0.3, 0.4) is 0 Å². The van der Waals surface area contributed by atoms with Crippen molar-refractivity contribution in [1.29, 1.82) is 0 Å². The molecule has 1 aromatic carbocycles. The van der Waals surface area contributed by atoms with Crippen molar-refractivity contribution in [2.24, 2.45) is 17.3 Å². The lowest BCUT2D eigenvalue weighted by molar-refractivity contribution is -0.229. The second-order valence-electron chi connectivity index (χ2n) is 10.3. The predicted molar refractivity (Wildman–Crippen MR) is 146 cm³/mol. The van der Waals surface area contributed by atoms with Crippen LogP contribution in [-0.2, 0) is 35.1 Å². The van der Waals surface area contributed by atoms with Crippen molar-refractivity contribution in [3.63, 3.8) is 0 Å². The molecule has 0 aliphatic heterocycles. The molecule has 3 atom stereocenters. The van der Waals surface area contributed by atoms with Gasteiger partial charge in [0.05, 0.1) is 36.8 Å². The molecular formula is C27H41Cl3O7. The molecular weight excluding hydrogens is 543 g/mol. The van der Waals surface area contributed by atoms with E-state index < -0.39 is 40.3 Å². The minimum absolute atomic E-state index is 0.166. The number of benzene rings is 1. The molecule has 0 radical (unpaired) electrons. The highest BCUT2D eigenvalue weighted by Crippen LogP contribution is 2.34. The monoisotopic (exact) mass is 582 g/mol. The zero-order chi connectivity index (χ0) is 28.4. The SMILES string of the molecule is CC(C)OC(OC(C)C)C(C)(C)C(=O)[C@H](C)[C@@H](OC(=O)OCC(Cl)(Cl)Cl)[C@@H](C)COCc1ccccc1. The van der Waals surface area contributed by atoms with Crippen molar-refractivity contribution in [3.05, 3.63) is 35.9 Å². The van der Waals surface area contributed by atoms with E-state index in [1.807, 2.05) is 65.0 Å². The maximum absolute atomic E-state index is 13.8. The Morgan fingerprint density at radius 3 is 1.92 bits per heavy atom. The van der Waals surface area contributed by atoms with E-state index >= 15 is 0 Å². The van der Waals surface area contributed by atoms with E-state index in [-0.39, 0.29) is 30.5 Å². The third kappa shape index (κ3) is 12.5. The van der Waals surface area contributed by atoms with Gasteiger partial charge < -0.3 is 23.7 Å². The lowest BCUT2D eigenvalue weighted by Crippen LogP contribution is -2.49. The highest BCUT2D eigenvalue weighted by atomic mass is 35.6. The summed E-state index contributed by atoms with van der Waals surface area (Å²) in [5.41, 5.74) is -0.0548. The first-order chi connectivity index (χ1) is 17.0. The lowest BCUT2D eigenvalue weighted by Gasteiger charge is -2.38. The number of carbonyl (C=O) groups is 2. The minimum atomic E-state index is -1.79. The maximum Gasteiger partial charge on any atom is 0.508 e. The molecule has 0 aliphatic carbocycles. The van der Waals surface area contributed by atoms with Crippen LogP contribution in [0.2, 0.25) is 0 Å². The highest BCUT2D eigenvalue weighted by molar-refractivity contribution is 6.67. The van der Waals surface area contributed by atoms with Gasteiger partial charge in [-0.3, -0.25) is 4.79 Å². The van der Waals surface area contributed by atoms with E-state index in [1.54, 1.807) is 20.8 Å². The third-order valence-electron chi connectivity index (χ3n) is 5.56.